The van der Waals surface area contributed by atoms with Crippen molar-refractivity contribution >= 4 is 42.1 Å². The highest BCUT2D eigenvalue weighted by Gasteiger charge is 2.28. The predicted molar refractivity (Wildman–Crippen MR) is 121 cm³/mol. The van der Waals surface area contributed by atoms with Crippen molar-refractivity contribution in [1.29, 1.82) is 0 Å². The number of ether oxygens (including phenoxy) is 1. The number of hydrogen-bond donors (Lipinski definition) is 1. The fourth-order valence-electron chi connectivity index (χ4n) is 4.13. The minimum Gasteiger partial charge on any atom is -0.379 e. The molecule has 0 bridgehead atoms. The number of piperidine rings is 1. The predicted octanol–water partition coefficient (Wildman–Crippen LogP) is 3.45. The third-order valence-corrected chi connectivity index (χ3v) is 6.89. The molecule has 2 atom stereocenters. The number of hydrogen-bond acceptors (Lipinski definition) is 5. The van der Waals surface area contributed by atoms with Crippen molar-refractivity contribution in [3.05, 3.63) is 22.4 Å². The average molecular weight is 452 g/mol. The molecule has 28 heavy (non-hydrogen) atoms. The topological polar surface area (TPSA) is 44.8 Å². The van der Waals surface area contributed by atoms with E-state index in [9.17, 15) is 4.79 Å². The van der Waals surface area contributed by atoms with Gasteiger partial charge >= 0.3 is 0 Å². The molecule has 1 aromatic rings. The molecule has 3 heterocycles. The van der Waals surface area contributed by atoms with E-state index in [1.165, 1.54) is 17.7 Å². The normalized spacial score (nSPS) is 20.5. The summed E-state index contributed by atoms with van der Waals surface area (Å²) in [7, 11) is 1.97. The van der Waals surface area contributed by atoms with Crippen LogP contribution >= 0.6 is 36.2 Å². The Balaban J connectivity index is 0.00000196. The lowest BCUT2D eigenvalue weighted by Gasteiger charge is -2.36. The quantitative estimate of drug-likeness (QED) is 0.689. The second-order valence-corrected chi connectivity index (χ2v) is 8.70. The van der Waals surface area contributed by atoms with Gasteiger partial charge in [-0.3, -0.25) is 9.69 Å². The van der Waals surface area contributed by atoms with E-state index < -0.39 is 0 Å². The smallest absolute Gasteiger partial charge is 0.222 e. The van der Waals surface area contributed by atoms with E-state index in [2.05, 4.69) is 34.7 Å². The first kappa shape index (κ1) is 25.7. The Morgan fingerprint density at radius 1 is 1.32 bits per heavy atom. The van der Waals surface area contributed by atoms with Crippen LogP contribution in [0.25, 0.3) is 0 Å². The van der Waals surface area contributed by atoms with E-state index in [4.69, 9.17) is 4.74 Å². The summed E-state index contributed by atoms with van der Waals surface area (Å²) in [6, 6.07) is 4.58. The molecular weight excluding hydrogens is 417 g/mol. The Labute approximate surface area is 186 Å². The van der Waals surface area contributed by atoms with Crippen molar-refractivity contribution < 1.29 is 9.53 Å². The van der Waals surface area contributed by atoms with Crippen LogP contribution in [0, 0.1) is 11.8 Å². The average Bonchev–Trinajstić information content (AvgIpc) is 3.21. The maximum atomic E-state index is 12.9. The van der Waals surface area contributed by atoms with Gasteiger partial charge in [-0.2, -0.15) is 0 Å². The summed E-state index contributed by atoms with van der Waals surface area (Å²) in [5, 5.41) is 5.54. The molecule has 0 aliphatic carbocycles. The van der Waals surface area contributed by atoms with E-state index in [0.717, 1.165) is 45.9 Å². The zero-order valence-corrected chi connectivity index (χ0v) is 19.4. The number of morpholine rings is 1. The van der Waals surface area contributed by atoms with Crippen molar-refractivity contribution in [3.63, 3.8) is 0 Å². The highest BCUT2D eigenvalue weighted by molar-refractivity contribution is 7.10. The maximum Gasteiger partial charge on any atom is 0.222 e. The van der Waals surface area contributed by atoms with Gasteiger partial charge in [-0.05, 0) is 49.2 Å². The van der Waals surface area contributed by atoms with Crippen LogP contribution in [0.5, 0.6) is 0 Å². The van der Waals surface area contributed by atoms with Gasteiger partial charge in [0.15, 0.2) is 0 Å². The molecule has 1 aromatic heterocycles. The first-order chi connectivity index (χ1) is 12.6. The van der Waals surface area contributed by atoms with Crippen molar-refractivity contribution in [2.45, 2.75) is 32.2 Å². The van der Waals surface area contributed by atoms with Crippen molar-refractivity contribution in [1.82, 2.24) is 15.1 Å². The van der Waals surface area contributed by atoms with Crippen LogP contribution in [-0.2, 0) is 9.53 Å². The van der Waals surface area contributed by atoms with E-state index in [1.54, 1.807) is 11.3 Å². The molecule has 3 rings (SSSR count). The van der Waals surface area contributed by atoms with E-state index in [1.807, 2.05) is 11.9 Å². The Morgan fingerprint density at radius 3 is 2.61 bits per heavy atom. The number of thiophene rings is 1. The fraction of sp³-hybridized carbons (Fsp3) is 0.750. The molecule has 0 aromatic carbocycles. The number of likely N-dealkylation sites (N-methyl/N-ethyl adjacent to an activating group) is 1. The number of nitrogens with one attached hydrogen (secondary N) is 1. The van der Waals surface area contributed by atoms with E-state index in [-0.39, 0.29) is 36.8 Å². The number of rotatable bonds is 7. The highest BCUT2D eigenvalue weighted by atomic mass is 35.5. The number of carbonyl (C=O) groups excluding carboxylic acids is 1. The van der Waals surface area contributed by atoms with Crippen LogP contribution < -0.4 is 5.32 Å². The summed E-state index contributed by atoms with van der Waals surface area (Å²) in [6.07, 6.45) is 3.06. The zero-order valence-electron chi connectivity index (χ0n) is 17.0. The van der Waals surface area contributed by atoms with Gasteiger partial charge in [0.05, 0.1) is 19.3 Å². The lowest BCUT2D eigenvalue weighted by Crippen LogP contribution is -2.44. The van der Waals surface area contributed by atoms with Crippen LogP contribution in [0.3, 0.4) is 0 Å². The van der Waals surface area contributed by atoms with Crippen molar-refractivity contribution in [3.8, 4) is 0 Å². The monoisotopic (exact) mass is 451 g/mol. The highest BCUT2D eigenvalue weighted by Crippen LogP contribution is 2.28. The van der Waals surface area contributed by atoms with Gasteiger partial charge in [-0.25, -0.2) is 0 Å². The molecule has 2 saturated heterocycles. The van der Waals surface area contributed by atoms with Crippen LogP contribution in [0.15, 0.2) is 17.5 Å². The van der Waals surface area contributed by atoms with Crippen LogP contribution in [-0.4, -0.2) is 68.7 Å². The summed E-state index contributed by atoms with van der Waals surface area (Å²) in [5.74, 6) is 1.43. The standard InChI is InChI=1S/C20H33N3O2S.2ClH/c1-16(17-5-7-21-8-6-17)14-20(24)22(2)15-18(19-4-3-13-26-19)23-9-11-25-12-10-23;;/h3-4,13,16-18,21H,5-12,14-15H2,1-2H3;2*1H. The van der Waals surface area contributed by atoms with Gasteiger partial charge in [0.25, 0.3) is 0 Å². The summed E-state index contributed by atoms with van der Waals surface area (Å²) in [5.41, 5.74) is 0. The number of amides is 1. The number of halogens is 2. The molecule has 8 heteroatoms. The van der Waals surface area contributed by atoms with Gasteiger partial charge in [-0.1, -0.05) is 13.0 Å². The van der Waals surface area contributed by atoms with Gasteiger partial charge in [0.1, 0.15) is 0 Å². The van der Waals surface area contributed by atoms with Gasteiger partial charge in [0.2, 0.25) is 5.91 Å². The molecule has 5 nitrogen and oxygen atoms in total. The summed E-state index contributed by atoms with van der Waals surface area (Å²) in [4.78, 5) is 18.6. The summed E-state index contributed by atoms with van der Waals surface area (Å²) in [6.45, 7) is 8.65. The van der Waals surface area contributed by atoms with E-state index >= 15 is 0 Å². The zero-order chi connectivity index (χ0) is 18.4. The molecule has 2 fully saturated rings. The first-order valence-corrected chi connectivity index (χ1v) is 10.8. The molecule has 2 aliphatic rings. The minimum atomic E-state index is 0. The molecule has 1 N–H and O–H groups in total. The van der Waals surface area contributed by atoms with Gasteiger partial charge in [-0.15, -0.1) is 36.2 Å². The lowest BCUT2D eigenvalue weighted by atomic mass is 9.84. The van der Waals surface area contributed by atoms with Crippen molar-refractivity contribution in [2.75, 3.05) is 53.0 Å². The Morgan fingerprint density at radius 2 is 2.00 bits per heavy atom. The molecule has 162 valence electrons. The lowest BCUT2D eigenvalue weighted by molar-refractivity contribution is -0.132. The Bertz CT molecular complexity index is 550. The second kappa shape index (κ2) is 13.0. The number of carbonyl (C=O) groups is 1. The van der Waals surface area contributed by atoms with Crippen LogP contribution in [0.4, 0.5) is 0 Å². The first-order valence-electron chi connectivity index (χ1n) is 9.95. The van der Waals surface area contributed by atoms with Gasteiger partial charge in [0, 0.05) is 38.0 Å². The van der Waals surface area contributed by atoms with Gasteiger partial charge < -0.3 is 15.0 Å². The molecule has 0 radical (unpaired) electrons. The molecule has 0 spiro atoms. The second-order valence-electron chi connectivity index (χ2n) is 7.72. The van der Waals surface area contributed by atoms with Crippen LogP contribution in [0.2, 0.25) is 0 Å². The summed E-state index contributed by atoms with van der Waals surface area (Å²) >= 11 is 1.79. The largest absolute Gasteiger partial charge is 0.379 e. The van der Waals surface area contributed by atoms with Crippen molar-refractivity contribution in [2.24, 2.45) is 11.8 Å². The number of nitrogens with zero attached hydrogens (tertiary/aromatic N) is 2. The molecular formula is C20H35Cl2N3O2S. The SMILES string of the molecule is CC(CC(=O)N(C)CC(c1cccs1)N1CCOCC1)C1CCNCC1.Cl.Cl. The molecule has 2 unspecified atom stereocenters. The molecule has 1 amide bonds. The van der Waals surface area contributed by atoms with E-state index in [0.29, 0.717) is 18.3 Å². The fourth-order valence-corrected chi connectivity index (χ4v) is 4.98. The molecule has 0 saturated carbocycles. The third kappa shape index (κ3) is 7.15. The van der Waals surface area contributed by atoms with Crippen LogP contribution in [0.1, 0.15) is 37.1 Å². The third-order valence-electron chi connectivity index (χ3n) is 5.92. The Hall–Kier alpha value is -0.370. The Kier molecular flexibility index (Phi) is 12.0. The summed E-state index contributed by atoms with van der Waals surface area (Å²) < 4.78 is 5.52. The maximum absolute atomic E-state index is 12.9. The minimum absolute atomic E-state index is 0. The molecule has 2 aliphatic heterocycles.